The largest absolute Gasteiger partial charge is 0.335 e. The van der Waals surface area contributed by atoms with Gasteiger partial charge in [0.15, 0.2) is 0 Å². The van der Waals surface area contributed by atoms with Crippen LogP contribution in [-0.2, 0) is 16.9 Å². The van der Waals surface area contributed by atoms with Crippen molar-refractivity contribution in [2.24, 2.45) is 0 Å². The van der Waals surface area contributed by atoms with Gasteiger partial charge in [-0.25, -0.2) is 0 Å². The van der Waals surface area contributed by atoms with E-state index in [1.165, 1.54) is 16.7 Å². The van der Waals surface area contributed by atoms with Gasteiger partial charge in [0.25, 0.3) is 5.91 Å². The normalized spacial score (nSPS) is 20.8. The SMILES string of the molecule is O=C(N1Cc2ccccc2C(c2ccccc2)C1)C1(n2cccn2)CCNCC1. The molecule has 29 heavy (non-hydrogen) atoms. The standard InChI is InChI=1S/C24H26N4O/c29-23(24(11-14-25-15-12-24)28-16-6-13-26-28)27-17-20-9-4-5-10-21(20)22(18-27)19-7-2-1-3-8-19/h1-10,13,16,22,25H,11-12,14-15,17-18H2. The fourth-order valence-corrected chi connectivity index (χ4v) is 4.93. The maximum Gasteiger partial charge on any atom is 0.250 e. The molecule has 0 bridgehead atoms. The summed E-state index contributed by atoms with van der Waals surface area (Å²) in [6, 6.07) is 21.0. The van der Waals surface area contributed by atoms with Gasteiger partial charge >= 0.3 is 0 Å². The lowest BCUT2D eigenvalue weighted by molar-refractivity contribution is -0.144. The highest BCUT2D eigenvalue weighted by molar-refractivity contribution is 5.85. The van der Waals surface area contributed by atoms with E-state index in [9.17, 15) is 4.79 Å². The topological polar surface area (TPSA) is 50.2 Å². The average molecular weight is 386 g/mol. The zero-order valence-electron chi connectivity index (χ0n) is 16.5. The van der Waals surface area contributed by atoms with Gasteiger partial charge in [-0.15, -0.1) is 0 Å². The molecule has 1 aromatic heterocycles. The van der Waals surface area contributed by atoms with Gasteiger partial charge in [-0.2, -0.15) is 5.10 Å². The van der Waals surface area contributed by atoms with Gasteiger partial charge < -0.3 is 10.2 Å². The van der Waals surface area contributed by atoms with Crippen LogP contribution in [0.15, 0.2) is 73.1 Å². The highest BCUT2D eigenvalue weighted by Gasteiger charge is 2.45. The van der Waals surface area contributed by atoms with E-state index >= 15 is 0 Å². The Labute approximate surface area is 171 Å². The quantitative estimate of drug-likeness (QED) is 0.752. The van der Waals surface area contributed by atoms with Crippen molar-refractivity contribution in [1.82, 2.24) is 20.0 Å². The second-order valence-electron chi connectivity index (χ2n) is 8.08. The van der Waals surface area contributed by atoms with Gasteiger partial charge in [-0.3, -0.25) is 9.48 Å². The van der Waals surface area contributed by atoms with Crippen molar-refractivity contribution in [1.29, 1.82) is 0 Å². The summed E-state index contributed by atoms with van der Waals surface area (Å²) in [6.07, 6.45) is 5.24. The predicted octanol–water partition coefficient (Wildman–Crippen LogP) is 3.14. The Morgan fingerprint density at radius 1 is 1.00 bits per heavy atom. The summed E-state index contributed by atoms with van der Waals surface area (Å²) in [5.74, 6) is 0.389. The van der Waals surface area contributed by atoms with Gasteiger partial charge in [0, 0.05) is 31.4 Å². The molecule has 0 spiro atoms. The Morgan fingerprint density at radius 2 is 1.76 bits per heavy atom. The van der Waals surface area contributed by atoms with Crippen molar-refractivity contribution < 1.29 is 4.79 Å². The maximum absolute atomic E-state index is 14.0. The number of fused-ring (bicyclic) bond motifs is 1. The summed E-state index contributed by atoms with van der Waals surface area (Å²) >= 11 is 0. The Bertz CT molecular complexity index is 977. The Morgan fingerprint density at radius 3 is 2.52 bits per heavy atom. The van der Waals surface area contributed by atoms with Crippen molar-refractivity contribution >= 4 is 5.91 Å². The molecule has 0 radical (unpaired) electrons. The minimum absolute atomic E-state index is 0.193. The molecule has 1 unspecified atom stereocenters. The first-order valence-electron chi connectivity index (χ1n) is 10.4. The van der Waals surface area contributed by atoms with Crippen LogP contribution in [-0.4, -0.2) is 40.2 Å². The molecule has 1 saturated heterocycles. The number of rotatable bonds is 3. The molecule has 3 aromatic rings. The fourth-order valence-electron chi connectivity index (χ4n) is 4.93. The summed E-state index contributed by atoms with van der Waals surface area (Å²) in [5.41, 5.74) is 3.24. The molecule has 1 atom stereocenters. The Balaban J connectivity index is 1.53. The third-order valence-electron chi connectivity index (χ3n) is 6.46. The molecule has 5 nitrogen and oxygen atoms in total. The van der Waals surface area contributed by atoms with Crippen LogP contribution in [0, 0.1) is 0 Å². The summed E-state index contributed by atoms with van der Waals surface area (Å²) in [5, 5.41) is 7.89. The summed E-state index contributed by atoms with van der Waals surface area (Å²) < 4.78 is 1.90. The monoisotopic (exact) mass is 386 g/mol. The van der Waals surface area contributed by atoms with Crippen LogP contribution >= 0.6 is 0 Å². The molecule has 148 valence electrons. The third kappa shape index (κ3) is 3.15. The van der Waals surface area contributed by atoms with E-state index < -0.39 is 5.54 Å². The number of carbonyl (C=O) groups is 1. The van der Waals surface area contributed by atoms with Gasteiger partial charge in [0.05, 0.1) is 0 Å². The molecule has 5 heteroatoms. The van der Waals surface area contributed by atoms with Crippen LogP contribution in [0.2, 0.25) is 0 Å². The molecule has 2 aliphatic heterocycles. The Kier molecular flexibility index (Phi) is 4.68. The van der Waals surface area contributed by atoms with E-state index in [4.69, 9.17) is 0 Å². The summed E-state index contributed by atoms with van der Waals surface area (Å²) in [4.78, 5) is 16.1. The van der Waals surface area contributed by atoms with Crippen LogP contribution in [0.5, 0.6) is 0 Å². The molecule has 1 amide bonds. The first-order valence-corrected chi connectivity index (χ1v) is 10.4. The molecule has 1 N–H and O–H groups in total. The lowest BCUT2D eigenvalue weighted by Crippen LogP contribution is -2.56. The number of aromatic nitrogens is 2. The number of carbonyl (C=O) groups excluding carboxylic acids is 1. The molecular formula is C24H26N4O. The van der Waals surface area contributed by atoms with Crippen LogP contribution < -0.4 is 5.32 Å². The minimum Gasteiger partial charge on any atom is -0.335 e. The first-order chi connectivity index (χ1) is 14.3. The number of hydrogen-bond acceptors (Lipinski definition) is 3. The van der Waals surface area contributed by atoms with Crippen LogP contribution in [0.3, 0.4) is 0 Å². The van der Waals surface area contributed by atoms with Crippen LogP contribution in [0.4, 0.5) is 0 Å². The molecule has 2 aromatic carbocycles. The van der Waals surface area contributed by atoms with Crippen molar-refractivity contribution in [3.8, 4) is 0 Å². The fraction of sp³-hybridized carbons (Fsp3) is 0.333. The van der Waals surface area contributed by atoms with E-state index in [-0.39, 0.29) is 11.8 Å². The Hall–Kier alpha value is -2.92. The molecular weight excluding hydrogens is 360 g/mol. The third-order valence-corrected chi connectivity index (χ3v) is 6.46. The predicted molar refractivity (Wildman–Crippen MR) is 112 cm³/mol. The molecule has 0 aliphatic carbocycles. The molecule has 1 fully saturated rings. The molecule has 0 saturated carbocycles. The van der Waals surface area contributed by atoms with E-state index in [0.717, 1.165) is 25.9 Å². The van der Waals surface area contributed by atoms with E-state index in [2.05, 4.69) is 63.8 Å². The lowest BCUT2D eigenvalue weighted by atomic mass is 9.82. The number of nitrogens with zero attached hydrogens (tertiary/aromatic N) is 3. The first kappa shape index (κ1) is 18.1. The maximum atomic E-state index is 14.0. The number of amides is 1. The van der Waals surface area contributed by atoms with Gasteiger partial charge in [0.1, 0.15) is 5.54 Å². The van der Waals surface area contributed by atoms with E-state index in [0.29, 0.717) is 13.1 Å². The van der Waals surface area contributed by atoms with Gasteiger partial charge in [-0.05, 0) is 48.7 Å². The zero-order valence-corrected chi connectivity index (χ0v) is 16.5. The molecule has 3 heterocycles. The second kappa shape index (κ2) is 7.48. The van der Waals surface area contributed by atoms with E-state index in [1.54, 1.807) is 6.20 Å². The smallest absolute Gasteiger partial charge is 0.250 e. The van der Waals surface area contributed by atoms with E-state index in [1.807, 2.05) is 23.0 Å². The zero-order chi connectivity index (χ0) is 19.7. The lowest BCUT2D eigenvalue weighted by Gasteiger charge is -2.43. The summed E-state index contributed by atoms with van der Waals surface area (Å²) in [6.45, 7) is 3.03. The number of piperidine rings is 1. The van der Waals surface area contributed by atoms with Crippen molar-refractivity contribution in [2.75, 3.05) is 19.6 Å². The van der Waals surface area contributed by atoms with Crippen molar-refractivity contribution in [3.05, 3.63) is 89.7 Å². The second-order valence-corrected chi connectivity index (χ2v) is 8.08. The van der Waals surface area contributed by atoms with Gasteiger partial charge in [-0.1, -0.05) is 54.6 Å². The van der Waals surface area contributed by atoms with Crippen molar-refractivity contribution in [3.63, 3.8) is 0 Å². The average Bonchev–Trinajstić information content (AvgIpc) is 3.34. The highest BCUT2D eigenvalue weighted by Crippen LogP contribution is 2.37. The van der Waals surface area contributed by atoms with Crippen molar-refractivity contribution in [2.45, 2.75) is 30.8 Å². The number of benzene rings is 2. The molecule has 5 rings (SSSR count). The summed E-state index contributed by atoms with van der Waals surface area (Å²) in [7, 11) is 0. The minimum atomic E-state index is -0.595. The number of nitrogens with one attached hydrogen (secondary N) is 1. The number of hydrogen-bond donors (Lipinski definition) is 1. The molecule has 2 aliphatic rings. The van der Waals surface area contributed by atoms with Gasteiger partial charge in [0.2, 0.25) is 0 Å². The highest BCUT2D eigenvalue weighted by atomic mass is 16.2. The van der Waals surface area contributed by atoms with Crippen LogP contribution in [0.25, 0.3) is 0 Å². The van der Waals surface area contributed by atoms with Crippen LogP contribution in [0.1, 0.15) is 35.4 Å².